The molecule has 0 saturated heterocycles. The molecule has 1 nitrogen and oxygen atoms in total. The second-order valence-electron chi connectivity index (χ2n) is 7.92. The zero-order valence-corrected chi connectivity index (χ0v) is 17.5. The van der Waals surface area contributed by atoms with Gasteiger partial charge in [0.25, 0.3) is 0 Å². The Kier molecular flexibility index (Phi) is 6.51. The number of aliphatic hydroxyl groups is 1. The van der Waals surface area contributed by atoms with Crippen LogP contribution in [0.5, 0.6) is 0 Å². The first kappa shape index (κ1) is 20.2. The molecule has 0 spiro atoms. The molecule has 1 aromatic heterocycles. The van der Waals surface area contributed by atoms with Crippen molar-refractivity contribution in [3.63, 3.8) is 0 Å². The van der Waals surface area contributed by atoms with Gasteiger partial charge >= 0.3 is 0 Å². The Morgan fingerprint density at radius 2 is 1.80 bits per heavy atom. The maximum atomic E-state index is 10.5. The van der Waals surface area contributed by atoms with Crippen LogP contribution in [0.2, 0.25) is 0 Å². The molecule has 0 saturated carbocycles. The third kappa shape index (κ3) is 4.17. The maximum absolute atomic E-state index is 10.5. The summed E-state index contributed by atoms with van der Waals surface area (Å²) in [6.07, 6.45) is 3.97. The van der Waals surface area contributed by atoms with Gasteiger partial charge in [-0.2, -0.15) is 0 Å². The minimum atomic E-state index is -0.599. The Hall–Kier alpha value is -1.12. The van der Waals surface area contributed by atoms with Crippen LogP contribution in [0.3, 0.4) is 0 Å². The van der Waals surface area contributed by atoms with Crippen LogP contribution in [0.4, 0.5) is 0 Å². The van der Waals surface area contributed by atoms with E-state index in [0.29, 0.717) is 0 Å². The molecule has 0 amide bonds. The molecule has 1 atom stereocenters. The zero-order valence-electron chi connectivity index (χ0n) is 16.7. The van der Waals surface area contributed by atoms with Gasteiger partial charge in [0, 0.05) is 10.3 Å². The van der Waals surface area contributed by atoms with E-state index in [0.717, 1.165) is 25.7 Å². The fourth-order valence-electron chi connectivity index (χ4n) is 3.65. The molecule has 2 heteroatoms. The van der Waals surface area contributed by atoms with Crippen molar-refractivity contribution in [3.8, 4) is 0 Å². The average molecular weight is 359 g/mol. The minimum absolute atomic E-state index is 0.126. The van der Waals surface area contributed by atoms with Crippen LogP contribution in [-0.2, 0) is 11.8 Å². The van der Waals surface area contributed by atoms with Gasteiger partial charge in [0.05, 0.1) is 5.60 Å². The van der Waals surface area contributed by atoms with Gasteiger partial charge in [-0.15, -0.1) is 11.3 Å². The van der Waals surface area contributed by atoms with E-state index in [4.69, 9.17) is 0 Å². The molecular weight excluding hydrogens is 324 g/mol. The summed E-state index contributed by atoms with van der Waals surface area (Å²) in [5.74, 6) is 0.277. The second-order valence-corrected chi connectivity index (χ2v) is 8.87. The van der Waals surface area contributed by atoms with Crippen LogP contribution in [0, 0.1) is 12.8 Å². The Bertz CT molecular complexity index is 663. The lowest BCUT2D eigenvalue weighted by Crippen LogP contribution is -2.31. The van der Waals surface area contributed by atoms with Crippen molar-refractivity contribution < 1.29 is 5.11 Å². The number of aryl methyl sites for hydroxylation is 2. The van der Waals surface area contributed by atoms with Gasteiger partial charge in [-0.3, -0.25) is 0 Å². The van der Waals surface area contributed by atoms with Crippen molar-refractivity contribution in [1.82, 2.24) is 0 Å². The summed E-state index contributed by atoms with van der Waals surface area (Å²) in [7, 11) is 0. The highest BCUT2D eigenvalue weighted by atomic mass is 32.1. The molecule has 0 aliphatic carbocycles. The predicted octanol–water partition coefficient (Wildman–Crippen LogP) is 6.50. The molecule has 1 N–H and O–H groups in total. The van der Waals surface area contributed by atoms with Crippen LogP contribution in [0.1, 0.15) is 75.4 Å². The van der Waals surface area contributed by atoms with E-state index >= 15 is 0 Å². The summed E-state index contributed by atoms with van der Waals surface area (Å²) in [5.41, 5.74) is 3.66. The Morgan fingerprint density at radius 1 is 1.12 bits per heavy atom. The van der Waals surface area contributed by atoms with E-state index in [-0.39, 0.29) is 11.3 Å². The Balaban J connectivity index is 2.29. The molecule has 1 unspecified atom stereocenters. The second kappa shape index (κ2) is 8.05. The number of benzene rings is 1. The standard InChI is InChI=1S/C23H34OS/c1-7-23(8-2,21-10-9-15-25-21)20-12-11-19(18(5)16-20)13-14-22(6,24)17(3)4/h9-12,15-17,24H,7-8,13-14H2,1-6H3. The fraction of sp³-hybridized carbons (Fsp3) is 0.565. The van der Waals surface area contributed by atoms with E-state index in [1.54, 1.807) is 0 Å². The van der Waals surface area contributed by atoms with E-state index in [9.17, 15) is 5.11 Å². The molecule has 1 heterocycles. The van der Waals surface area contributed by atoms with Crippen LogP contribution in [0.15, 0.2) is 35.7 Å². The van der Waals surface area contributed by atoms with E-state index in [1.165, 1.54) is 21.6 Å². The SMILES string of the molecule is CCC(CC)(c1ccc(CCC(C)(O)C(C)C)c(C)c1)c1cccs1. The van der Waals surface area contributed by atoms with E-state index in [1.807, 2.05) is 18.3 Å². The van der Waals surface area contributed by atoms with Gasteiger partial charge in [0.2, 0.25) is 0 Å². The summed E-state index contributed by atoms with van der Waals surface area (Å²) in [4.78, 5) is 1.47. The van der Waals surface area contributed by atoms with Crippen molar-refractivity contribution in [2.75, 3.05) is 0 Å². The molecule has 2 rings (SSSR count). The lowest BCUT2D eigenvalue weighted by molar-refractivity contribution is 0.00566. The van der Waals surface area contributed by atoms with Crippen molar-refractivity contribution in [2.45, 2.75) is 78.2 Å². The number of thiophene rings is 1. The Labute approximate surface area is 158 Å². The number of hydrogen-bond donors (Lipinski definition) is 1. The predicted molar refractivity (Wildman–Crippen MR) is 111 cm³/mol. The molecule has 0 aliphatic heterocycles. The quantitative estimate of drug-likeness (QED) is 0.571. The van der Waals surface area contributed by atoms with Crippen LogP contribution in [-0.4, -0.2) is 10.7 Å². The molecule has 0 fully saturated rings. The van der Waals surface area contributed by atoms with Gasteiger partial charge < -0.3 is 5.11 Å². The molecule has 0 aliphatic rings. The zero-order chi connectivity index (χ0) is 18.7. The third-order valence-corrected chi connectivity index (χ3v) is 7.31. The Morgan fingerprint density at radius 3 is 2.28 bits per heavy atom. The highest BCUT2D eigenvalue weighted by Crippen LogP contribution is 2.41. The van der Waals surface area contributed by atoms with Crippen molar-refractivity contribution in [2.24, 2.45) is 5.92 Å². The molecular formula is C23H34OS. The summed E-state index contributed by atoms with van der Waals surface area (Å²) >= 11 is 1.87. The average Bonchev–Trinajstić information content (AvgIpc) is 3.10. The van der Waals surface area contributed by atoms with Gasteiger partial charge in [-0.25, -0.2) is 0 Å². The molecule has 25 heavy (non-hydrogen) atoms. The minimum Gasteiger partial charge on any atom is -0.390 e. The van der Waals surface area contributed by atoms with E-state index in [2.05, 4.69) is 70.3 Å². The molecule has 2 aromatic rings. The number of hydrogen-bond acceptors (Lipinski definition) is 2. The summed E-state index contributed by atoms with van der Waals surface area (Å²) in [5, 5.41) is 12.7. The van der Waals surface area contributed by atoms with Gasteiger partial charge in [0.15, 0.2) is 0 Å². The lowest BCUT2D eigenvalue weighted by atomic mass is 9.73. The summed E-state index contributed by atoms with van der Waals surface area (Å²) < 4.78 is 0. The van der Waals surface area contributed by atoms with E-state index < -0.39 is 5.60 Å². The monoisotopic (exact) mass is 358 g/mol. The van der Waals surface area contributed by atoms with Gasteiger partial charge in [-0.1, -0.05) is 52.0 Å². The van der Waals surface area contributed by atoms with Crippen LogP contribution >= 0.6 is 11.3 Å². The summed E-state index contributed by atoms with van der Waals surface area (Å²) in [6, 6.07) is 11.4. The molecule has 1 aromatic carbocycles. The topological polar surface area (TPSA) is 20.2 Å². The van der Waals surface area contributed by atoms with Crippen LogP contribution < -0.4 is 0 Å². The first-order chi connectivity index (χ1) is 11.8. The van der Waals surface area contributed by atoms with Crippen molar-refractivity contribution in [3.05, 3.63) is 57.3 Å². The van der Waals surface area contributed by atoms with Gasteiger partial charge in [0.1, 0.15) is 0 Å². The molecule has 0 radical (unpaired) electrons. The maximum Gasteiger partial charge on any atom is 0.0645 e. The highest BCUT2D eigenvalue weighted by Gasteiger charge is 2.32. The largest absolute Gasteiger partial charge is 0.390 e. The van der Waals surface area contributed by atoms with Crippen molar-refractivity contribution >= 4 is 11.3 Å². The number of rotatable bonds is 8. The summed E-state index contributed by atoms with van der Waals surface area (Å²) in [6.45, 7) is 12.9. The molecule has 138 valence electrons. The third-order valence-electron chi connectivity index (χ3n) is 6.24. The first-order valence-electron chi connectivity index (χ1n) is 9.63. The van der Waals surface area contributed by atoms with Crippen molar-refractivity contribution in [1.29, 1.82) is 0 Å². The first-order valence-corrected chi connectivity index (χ1v) is 10.5. The lowest BCUT2D eigenvalue weighted by Gasteiger charge is -2.32. The molecule has 0 bridgehead atoms. The normalized spacial score (nSPS) is 14.7. The smallest absolute Gasteiger partial charge is 0.0645 e. The van der Waals surface area contributed by atoms with Gasteiger partial charge in [-0.05, 0) is 73.6 Å². The fourth-order valence-corrected chi connectivity index (χ4v) is 4.74. The highest BCUT2D eigenvalue weighted by molar-refractivity contribution is 7.10. The van der Waals surface area contributed by atoms with Crippen LogP contribution in [0.25, 0.3) is 0 Å².